The van der Waals surface area contributed by atoms with Crippen LogP contribution in [-0.4, -0.2) is 37.7 Å². The molecule has 0 rings (SSSR count). The second kappa shape index (κ2) is 5.33. The van der Waals surface area contributed by atoms with Crippen LogP contribution in [0.1, 0.15) is 20.3 Å². The van der Waals surface area contributed by atoms with E-state index in [9.17, 15) is 14.4 Å². The van der Waals surface area contributed by atoms with Crippen LogP contribution in [0.3, 0.4) is 0 Å². The number of carbonyl (C=O) groups excluding carboxylic acids is 3. The fourth-order valence-corrected chi connectivity index (χ4v) is 1.03. The zero-order chi connectivity index (χ0) is 12.1. The minimum absolute atomic E-state index is 0.379. The van der Waals surface area contributed by atoms with Crippen molar-refractivity contribution in [1.29, 1.82) is 0 Å². The van der Waals surface area contributed by atoms with Crippen LogP contribution < -0.4 is 0 Å². The highest BCUT2D eigenvalue weighted by Crippen LogP contribution is 2.18. The summed E-state index contributed by atoms with van der Waals surface area (Å²) >= 11 is 0. The van der Waals surface area contributed by atoms with E-state index in [4.69, 9.17) is 4.74 Å². The Kier molecular flexibility index (Phi) is 4.77. The molecule has 6 nitrogen and oxygen atoms in total. The van der Waals surface area contributed by atoms with E-state index in [0.29, 0.717) is 0 Å². The Morgan fingerprint density at radius 1 is 1.13 bits per heavy atom. The molecule has 0 spiro atoms. The van der Waals surface area contributed by atoms with Gasteiger partial charge in [-0.1, -0.05) is 0 Å². The second-order valence-corrected chi connectivity index (χ2v) is 3.07. The highest BCUT2D eigenvalue weighted by atomic mass is 16.6. The summed E-state index contributed by atoms with van der Waals surface area (Å²) in [6.07, 6.45) is -0.379. The van der Waals surface area contributed by atoms with Crippen molar-refractivity contribution in [1.82, 2.24) is 0 Å². The van der Waals surface area contributed by atoms with Gasteiger partial charge in [-0.3, -0.25) is 9.59 Å². The maximum absolute atomic E-state index is 11.3. The zero-order valence-corrected chi connectivity index (χ0v) is 9.16. The van der Waals surface area contributed by atoms with Crippen LogP contribution in [0.15, 0.2) is 0 Å². The molecule has 0 amide bonds. The van der Waals surface area contributed by atoms with Gasteiger partial charge in [-0.25, -0.2) is 4.79 Å². The van der Waals surface area contributed by atoms with Gasteiger partial charge in [0, 0.05) is 6.92 Å². The molecule has 0 aliphatic rings. The summed E-state index contributed by atoms with van der Waals surface area (Å²) in [4.78, 5) is 33.1. The minimum atomic E-state index is -1.63. The smallest absolute Gasteiger partial charge is 0.350 e. The summed E-state index contributed by atoms with van der Waals surface area (Å²) in [6.45, 7) is 2.43. The molecule has 0 aromatic heterocycles. The number of hydrogen-bond donors (Lipinski definition) is 0. The van der Waals surface area contributed by atoms with Crippen LogP contribution >= 0.6 is 0 Å². The molecule has 6 heteroatoms. The van der Waals surface area contributed by atoms with Crippen molar-refractivity contribution in [3.63, 3.8) is 0 Å². The van der Waals surface area contributed by atoms with Crippen molar-refractivity contribution >= 4 is 17.9 Å². The Morgan fingerprint density at radius 3 is 2.00 bits per heavy atom. The molecule has 0 saturated heterocycles. The normalized spacial score (nSPS) is 13.6. The standard InChI is InChI=1S/C9H14O6/c1-6(10)15-9(2,8(12)14-4)5-7(11)13-3/h5H2,1-4H3. The van der Waals surface area contributed by atoms with Gasteiger partial charge in [0.25, 0.3) is 0 Å². The summed E-state index contributed by atoms with van der Waals surface area (Å²) in [6, 6.07) is 0. The van der Waals surface area contributed by atoms with Gasteiger partial charge >= 0.3 is 17.9 Å². The molecule has 0 radical (unpaired) electrons. The van der Waals surface area contributed by atoms with E-state index in [2.05, 4.69) is 9.47 Å². The Hall–Kier alpha value is -1.59. The number of ether oxygens (including phenoxy) is 3. The first-order valence-corrected chi connectivity index (χ1v) is 4.20. The molecule has 1 atom stereocenters. The van der Waals surface area contributed by atoms with E-state index >= 15 is 0 Å². The highest BCUT2D eigenvalue weighted by Gasteiger charge is 2.40. The van der Waals surface area contributed by atoms with Crippen molar-refractivity contribution in [3.05, 3.63) is 0 Å². The van der Waals surface area contributed by atoms with Crippen LogP contribution in [0.2, 0.25) is 0 Å². The number of hydrogen-bond acceptors (Lipinski definition) is 6. The third-order valence-electron chi connectivity index (χ3n) is 1.70. The quantitative estimate of drug-likeness (QED) is 0.490. The van der Waals surface area contributed by atoms with Crippen LogP contribution in [-0.2, 0) is 28.6 Å². The molecule has 1 unspecified atom stereocenters. The fraction of sp³-hybridized carbons (Fsp3) is 0.667. The third kappa shape index (κ3) is 3.97. The van der Waals surface area contributed by atoms with Gasteiger partial charge in [0.05, 0.1) is 20.6 Å². The van der Waals surface area contributed by atoms with Gasteiger partial charge in [0.2, 0.25) is 5.60 Å². The van der Waals surface area contributed by atoms with Crippen molar-refractivity contribution in [2.75, 3.05) is 14.2 Å². The lowest BCUT2D eigenvalue weighted by Gasteiger charge is -2.24. The van der Waals surface area contributed by atoms with Gasteiger partial charge in [0.15, 0.2) is 0 Å². The van der Waals surface area contributed by atoms with Crippen molar-refractivity contribution in [2.45, 2.75) is 25.9 Å². The molecule has 15 heavy (non-hydrogen) atoms. The van der Waals surface area contributed by atoms with Crippen LogP contribution in [0.4, 0.5) is 0 Å². The van der Waals surface area contributed by atoms with Gasteiger partial charge in [0.1, 0.15) is 0 Å². The lowest BCUT2D eigenvalue weighted by Crippen LogP contribution is -2.43. The fourth-order valence-electron chi connectivity index (χ4n) is 1.03. The van der Waals surface area contributed by atoms with E-state index in [0.717, 1.165) is 14.0 Å². The van der Waals surface area contributed by atoms with Gasteiger partial charge in [-0.05, 0) is 6.92 Å². The predicted molar refractivity (Wildman–Crippen MR) is 48.8 cm³/mol. The number of methoxy groups -OCH3 is 2. The SMILES string of the molecule is COC(=O)CC(C)(OC(C)=O)C(=O)OC. The molecule has 0 aromatic rings. The minimum Gasteiger partial charge on any atom is -0.469 e. The Labute approximate surface area is 87.5 Å². The zero-order valence-electron chi connectivity index (χ0n) is 9.16. The third-order valence-corrected chi connectivity index (χ3v) is 1.70. The van der Waals surface area contributed by atoms with Crippen LogP contribution in [0.25, 0.3) is 0 Å². The van der Waals surface area contributed by atoms with Crippen molar-refractivity contribution < 1.29 is 28.6 Å². The summed E-state index contributed by atoms with van der Waals surface area (Å²) in [5.74, 6) is -2.14. The number of carbonyl (C=O) groups is 3. The van der Waals surface area contributed by atoms with Crippen molar-refractivity contribution in [2.24, 2.45) is 0 Å². The van der Waals surface area contributed by atoms with Crippen LogP contribution in [0, 0.1) is 0 Å². The lowest BCUT2D eigenvalue weighted by atomic mass is 10.0. The van der Waals surface area contributed by atoms with Gasteiger partial charge in [-0.2, -0.15) is 0 Å². The molecule has 0 aliphatic heterocycles. The topological polar surface area (TPSA) is 78.9 Å². The Morgan fingerprint density at radius 2 is 1.67 bits per heavy atom. The van der Waals surface area contributed by atoms with E-state index in [-0.39, 0.29) is 6.42 Å². The maximum Gasteiger partial charge on any atom is 0.350 e. The molecule has 0 saturated carbocycles. The molecule has 0 N–H and O–H groups in total. The summed E-state index contributed by atoms with van der Waals surface area (Å²) in [5, 5.41) is 0. The largest absolute Gasteiger partial charge is 0.469 e. The first-order chi connectivity index (χ1) is 6.85. The van der Waals surface area contributed by atoms with E-state index in [1.165, 1.54) is 14.0 Å². The molecule has 0 heterocycles. The Balaban J connectivity index is 4.76. The predicted octanol–water partition coefficient (Wildman–Crippen LogP) is 0.0443. The summed E-state index contributed by atoms with van der Waals surface area (Å²) < 4.78 is 13.6. The molecule has 0 bridgehead atoms. The second-order valence-electron chi connectivity index (χ2n) is 3.07. The highest BCUT2D eigenvalue weighted by molar-refractivity contribution is 5.87. The van der Waals surface area contributed by atoms with Crippen molar-refractivity contribution in [3.8, 4) is 0 Å². The molecule has 0 aromatic carbocycles. The van der Waals surface area contributed by atoms with E-state index < -0.39 is 23.5 Å². The molecular formula is C9H14O6. The average molecular weight is 218 g/mol. The number of rotatable bonds is 4. The summed E-state index contributed by atoms with van der Waals surface area (Å²) in [5.41, 5.74) is -1.63. The molecule has 0 aliphatic carbocycles. The summed E-state index contributed by atoms with van der Waals surface area (Å²) in [7, 11) is 2.31. The molecule has 0 fully saturated rings. The maximum atomic E-state index is 11.3. The molecule has 86 valence electrons. The van der Waals surface area contributed by atoms with Gasteiger partial charge < -0.3 is 14.2 Å². The van der Waals surface area contributed by atoms with E-state index in [1.807, 2.05) is 0 Å². The van der Waals surface area contributed by atoms with E-state index in [1.54, 1.807) is 0 Å². The average Bonchev–Trinajstić information content (AvgIpc) is 2.14. The lowest BCUT2D eigenvalue weighted by molar-refractivity contribution is -0.181. The Bertz CT molecular complexity index is 272. The molecular weight excluding hydrogens is 204 g/mol. The number of esters is 3. The first kappa shape index (κ1) is 13.4. The first-order valence-electron chi connectivity index (χ1n) is 4.20. The van der Waals surface area contributed by atoms with Gasteiger partial charge in [-0.15, -0.1) is 0 Å². The monoisotopic (exact) mass is 218 g/mol. The van der Waals surface area contributed by atoms with Crippen LogP contribution in [0.5, 0.6) is 0 Å².